The van der Waals surface area contributed by atoms with Crippen molar-refractivity contribution in [1.82, 2.24) is 4.90 Å². The Labute approximate surface area is 123 Å². The van der Waals surface area contributed by atoms with Crippen LogP contribution >= 0.6 is 15.9 Å². The van der Waals surface area contributed by atoms with Gasteiger partial charge in [0, 0.05) is 42.2 Å². The van der Waals surface area contributed by atoms with Crippen molar-refractivity contribution in [2.75, 3.05) is 19.8 Å². The van der Waals surface area contributed by atoms with E-state index in [1.54, 1.807) is 0 Å². The molecule has 0 spiro atoms. The van der Waals surface area contributed by atoms with Crippen LogP contribution in [0, 0.1) is 0 Å². The molecule has 1 heterocycles. The van der Waals surface area contributed by atoms with Gasteiger partial charge in [-0.25, -0.2) is 0 Å². The van der Waals surface area contributed by atoms with E-state index in [0.717, 1.165) is 42.8 Å². The SMILES string of the molecule is CC(C)N(CCCO)Cc1cc(Br)cc2c1OCC2. The summed E-state index contributed by atoms with van der Waals surface area (Å²) in [6.45, 7) is 7.20. The fraction of sp³-hybridized carbons (Fsp3) is 0.600. The van der Waals surface area contributed by atoms with E-state index in [2.05, 4.69) is 46.8 Å². The maximum atomic E-state index is 9.00. The zero-order valence-electron chi connectivity index (χ0n) is 11.7. The Bertz CT molecular complexity index is 434. The highest BCUT2D eigenvalue weighted by Gasteiger charge is 2.20. The van der Waals surface area contributed by atoms with Crippen LogP contribution < -0.4 is 4.74 Å². The number of benzene rings is 1. The lowest BCUT2D eigenvalue weighted by molar-refractivity contribution is 0.183. The zero-order chi connectivity index (χ0) is 13.8. The summed E-state index contributed by atoms with van der Waals surface area (Å²) in [7, 11) is 0. The third-order valence-electron chi connectivity index (χ3n) is 3.53. The molecule has 0 amide bonds. The van der Waals surface area contributed by atoms with Gasteiger partial charge < -0.3 is 9.84 Å². The number of hydrogen-bond donors (Lipinski definition) is 1. The molecular formula is C15H22BrNO2. The highest BCUT2D eigenvalue weighted by atomic mass is 79.9. The largest absolute Gasteiger partial charge is 0.493 e. The fourth-order valence-electron chi connectivity index (χ4n) is 2.48. The van der Waals surface area contributed by atoms with Gasteiger partial charge in [-0.2, -0.15) is 0 Å². The lowest BCUT2D eigenvalue weighted by Crippen LogP contribution is -2.31. The summed E-state index contributed by atoms with van der Waals surface area (Å²) in [5.74, 6) is 1.07. The maximum absolute atomic E-state index is 9.00. The molecule has 1 aromatic carbocycles. The van der Waals surface area contributed by atoms with E-state index in [0.29, 0.717) is 6.04 Å². The monoisotopic (exact) mass is 327 g/mol. The van der Waals surface area contributed by atoms with Crippen molar-refractivity contribution < 1.29 is 9.84 Å². The average molecular weight is 328 g/mol. The molecule has 0 bridgehead atoms. The number of aliphatic hydroxyl groups is 1. The second kappa shape index (κ2) is 6.73. The summed E-state index contributed by atoms with van der Waals surface area (Å²) in [6, 6.07) is 4.76. The number of aliphatic hydroxyl groups excluding tert-OH is 1. The summed E-state index contributed by atoms with van der Waals surface area (Å²) >= 11 is 3.58. The van der Waals surface area contributed by atoms with Crippen LogP contribution in [-0.4, -0.2) is 35.8 Å². The first kappa shape index (κ1) is 14.8. The summed E-state index contributed by atoms with van der Waals surface area (Å²) in [5.41, 5.74) is 2.55. The van der Waals surface area contributed by atoms with Gasteiger partial charge in [0.1, 0.15) is 5.75 Å². The van der Waals surface area contributed by atoms with Crippen molar-refractivity contribution in [1.29, 1.82) is 0 Å². The number of fused-ring (bicyclic) bond motifs is 1. The summed E-state index contributed by atoms with van der Waals surface area (Å²) in [5, 5.41) is 9.00. The molecule has 1 N–H and O–H groups in total. The molecule has 0 fully saturated rings. The summed E-state index contributed by atoms with van der Waals surface area (Å²) < 4.78 is 6.90. The van der Waals surface area contributed by atoms with E-state index in [-0.39, 0.29) is 6.61 Å². The first-order valence-corrected chi connectivity index (χ1v) is 7.70. The van der Waals surface area contributed by atoms with Gasteiger partial charge in [-0.1, -0.05) is 15.9 Å². The number of ether oxygens (including phenoxy) is 1. The standard InChI is InChI=1S/C15H22BrNO2/c1-11(2)17(5-3-6-18)10-13-9-14(16)8-12-4-7-19-15(12)13/h8-9,11,18H,3-7,10H2,1-2H3. The highest BCUT2D eigenvalue weighted by Crippen LogP contribution is 2.34. The van der Waals surface area contributed by atoms with Gasteiger partial charge >= 0.3 is 0 Å². The van der Waals surface area contributed by atoms with Crippen LogP contribution in [0.5, 0.6) is 5.75 Å². The Hall–Kier alpha value is -0.580. The second-order valence-corrected chi connectivity index (χ2v) is 6.21. The van der Waals surface area contributed by atoms with Crippen molar-refractivity contribution in [2.45, 2.75) is 39.3 Å². The van der Waals surface area contributed by atoms with E-state index >= 15 is 0 Å². The summed E-state index contributed by atoms with van der Waals surface area (Å²) in [6.07, 6.45) is 1.81. The minimum atomic E-state index is 0.246. The first-order chi connectivity index (χ1) is 9.11. The average Bonchev–Trinajstić information content (AvgIpc) is 2.81. The number of nitrogens with zero attached hydrogens (tertiary/aromatic N) is 1. The highest BCUT2D eigenvalue weighted by molar-refractivity contribution is 9.10. The molecule has 1 aliphatic rings. The quantitative estimate of drug-likeness (QED) is 0.871. The van der Waals surface area contributed by atoms with Crippen LogP contribution in [0.1, 0.15) is 31.4 Å². The van der Waals surface area contributed by atoms with Crippen LogP contribution in [-0.2, 0) is 13.0 Å². The van der Waals surface area contributed by atoms with Gasteiger partial charge in [0.25, 0.3) is 0 Å². The zero-order valence-corrected chi connectivity index (χ0v) is 13.2. The van der Waals surface area contributed by atoms with Crippen molar-refractivity contribution in [2.24, 2.45) is 0 Å². The fourth-order valence-corrected chi connectivity index (χ4v) is 3.03. The van der Waals surface area contributed by atoms with Gasteiger partial charge in [-0.05, 0) is 38.0 Å². The summed E-state index contributed by atoms with van der Waals surface area (Å²) in [4.78, 5) is 2.37. The van der Waals surface area contributed by atoms with Crippen LogP contribution in [0.4, 0.5) is 0 Å². The van der Waals surface area contributed by atoms with Gasteiger partial charge in [-0.15, -0.1) is 0 Å². The van der Waals surface area contributed by atoms with Crippen molar-refractivity contribution in [3.63, 3.8) is 0 Å². The van der Waals surface area contributed by atoms with E-state index in [4.69, 9.17) is 9.84 Å². The molecule has 0 radical (unpaired) electrons. The van der Waals surface area contributed by atoms with Gasteiger partial charge in [0.15, 0.2) is 0 Å². The van der Waals surface area contributed by atoms with E-state index < -0.39 is 0 Å². The number of hydrogen-bond acceptors (Lipinski definition) is 3. The first-order valence-electron chi connectivity index (χ1n) is 6.91. The van der Waals surface area contributed by atoms with E-state index in [1.165, 1.54) is 11.1 Å². The minimum Gasteiger partial charge on any atom is -0.493 e. The van der Waals surface area contributed by atoms with E-state index in [1.807, 2.05) is 0 Å². The second-order valence-electron chi connectivity index (χ2n) is 5.29. The molecule has 0 aliphatic carbocycles. The number of halogens is 1. The molecular weight excluding hydrogens is 306 g/mol. The van der Waals surface area contributed by atoms with Crippen molar-refractivity contribution >= 4 is 15.9 Å². The molecule has 4 heteroatoms. The molecule has 2 rings (SSSR count). The lowest BCUT2D eigenvalue weighted by Gasteiger charge is -2.27. The molecule has 0 unspecified atom stereocenters. The van der Waals surface area contributed by atoms with Crippen molar-refractivity contribution in [3.8, 4) is 5.75 Å². The Balaban J connectivity index is 2.17. The van der Waals surface area contributed by atoms with Gasteiger partial charge in [0.05, 0.1) is 6.61 Å². The molecule has 1 aromatic rings. The van der Waals surface area contributed by atoms with Gasteiger partial charge in [-0.3, -0.25) is 4.90 Å². The Morgan fingerprint density at radius 1 is 1.42 bits per heavy atom. The predicted molar refractivity (Wildman–Crippen MR) is 80.6 cm³/mol. The van der Waals surface area contributed by atoms with Crippen LogP contribution in [0.25, 0.3) is 0 Å². The van der Waals surface area contributed by atoms with Crippen LogP contribution in [0.15, 0.2) is 16.6 Å². The molecule has 0 atom stereocenters. The molecule has 106 valence electrons. The molecule has 1 aliphatic heterocycles. The molecule has 0 saturated carbocycles. The normalized spacial score (nSPS) is 14.0. The van der Waals surface area contributed by atoms with Gasteiger partial charge in [0.2, 0.25) is 0 Å². The third kappa shape index (κ3) is 3.71. The Kier molecular flexibility index (Phi) is 5.25. The third-order valence-corrected chi connectivity index (χ3v) is 3.99. The molecule has 19 heavy (non-hydrogen) atoms. The molecule has 3 nitrogen and oxygen atoms in total. The topological polar surface area (TPSA) is 32.7 Å². The molecule has 0 saturated heterocycles. The predicted octanol–water partition coefficient (Wildman–Crippen LogP) is 2.98. The Morgan fingerprint density at radius 2 is 2.21 bits per heavy atom. The minimum absolute atomic E-state index is 0.246. The number of rotatable bonds is 6. The smallest absolute Gasteiger partial charge is 0.127 e. The van der Waals surface area contributed by atoms with E-state index in [9.17, 15) is 0 Å². The Morgan fingerprint density at radius 3 is 2.89 bits per heavy atom. The maximum Gasteiger partial charge on any atom is 0.127 e. The molecule has 0 aromatic heterocycles. The van der Waals surface area contributed by atoms with Crippen molar-refractivity contribution in [3.05, 3.63) is 27.7 Å². The van der Waals surface area contributed by atoms with Crippen LogP contribution in [0.2, 0.25) is 0 Å². The lowest BCUT2D eigenvalue weighted by atomic mass is 10.1. The van der Waals surface area contributed by atoms with Crippen LogP contribution in [0.3, 0.4) is 0 Å².